The van der Waals surface area contributed by atoms with Crippen LogP contribution in [0.1, 0.15) is 32.4 Å². The molecule has 17 heavy (non-hydrogen) atoms. The van der Waals surface area contributed by atoms with Gasteiger partial charge in [-0.15, -0.1) is 0 Å². The zero-order chi connectivity index (χ0) is 12.5. The molecule has 0 aliphatic heterocycles. The number of nitriles is 1. The van der Waals surface area contributed by atoms with E-state index in [9.17, 15) is 10.1 Å². The van der Waals surface area contributed by atoms with Crippen LogP contribution in [0.2, 0.25) is 0 Å². The first kappa shape index (κ1) is 11.6. The largest absolute Gasteiger partial charge is 0.475 e. The summed E-state index contributed by atoms with van der Waals surface area (Å²) < 4.78 is 5.48. The van der Waals surface area contributed by atoms with Crippen molar-refractivity contribution >= 4 is 5.78 Å². The van der Waals surface area contributed by atoms with Crippen LogP contribution in [0.4, 0.5) is 0 Å². The van der Waals surface area contributed by atoms with Crippen molar-refractivity contribution in [2.24, 2.45) is 0 Å². The Morgan fingerprint density at radius 3 is 2.71 bits per heavy atom. The zero-order valence-electron chi connectivity index (χ0n) is 9.93. The van der Waals surface area contributed by atoms with E-state index >= 15 is 0 Å². The van der Waals surface area contributed by atoms with E-state index < -0.39 is 5.41 Å². The van der Waals surface area contributed by atoms with Crippen molar-refractivity contribution in [3.8, 4) is 11.9 Å². The highest BCUT2D eigenvalue weighted by atomic mass is 16.5. The molecule has 0 saturated heterocycles. The molecule has 88 valence electrons. The second kappa shape index (κ2) is 4.17. The summed E-state index contributed by atoms with van der Waals surface area (Å²) in [7, 11) is 0. The minimum Gasteiger partial charge on any atom is -0.475 e. The van der Waals surface area contributed by atoms with Gasteiger partial charge in [0.15, 0.2) is 0 Å². The highest BCUT2D eigenvalue weighted by Crippen LogP contribution is 2.40. The fourth-order valence-corrected chi connectivity index (χ4v) is 1.93. The summed E-state index contributed by atoms with van der Waals surface area (Å²) >= 11 is 0. The van der Waals surface area contributed by atoms with Crippen LogP contribution in [0.5, 0.6) is 5.88 Å². The van der Waals surface area contributed by atoms with Gasteiger partial charge in [0.1, 0.15) is 11.2 Å². The quantitative estimate of drug-likeness (QED) is 0.796. The van der Waals surface area contributed by atoms with Gasteiger partial charge >= 0.3 is 0 Å². The Morgan fingerprint density at radius 2 is 2.18 bits per heavy atom. The van der Waals surface area contributed by atoms with Crippen molar-refractivity contribution in [2.75, 3.05) is 0 Å². The third-order valence-corrected chi connectivity index (χ3v) is 2.78. The Morgan fingerprint density at radius 1 is 1.47 bits per heavy atom. The van der Waals surface area contributed by atoms with E-state index in [-0.39, 0.29) is 24.7 Å². The number of ketones is 1. The minimum absolute atomic E-state index is 0.0406. The van der Waals surface area contributed by atoms with Crippen LogP contribution in [-0.2, 0) is 10.2 Å². The van der Waals surface area contributed by atoms with Crippen molar-refractivity contribution in [1.29, 1.82) is 5.26 Å². The smallest absolute Gasteiger partial charge is 0.213 e. The van der Waals surface area contributed by atoms with Crippen molar-refractivity contribution in [3.05, 3.63) is 23.9 Å². The van der Waals surface area contributed by atoms with Gasteiger partial charge in [0.05, 0.1) is 17.9 Å². The van der Waals surface area contributed by atoms with Crippen molar-refractivity contribution < 1.29 is 9.53 Å². The molecule has 1 saturated carbocycles. The lowest BCUT2D eigenvalue weighted by atomic mass is 9.66. The maximum Gasteiger partial charge on any atom is 0.213 e. The molecule has 0 amide bonds. The lowest BCUT2D eigenvalue weighted by molar-refractivity contribution is -0.126. The molecule has 1 aliphatic carbocycles. The average molecular weight is 230 g/mol. The highest BCUT2D eigenvalue weighted by Gasteiger charge is 2.46. The second-order valence-corrected chi connectivity index (χ2v) is 4.61. The molecule has 1 aromatic rings. The van der Waals surface area contributed by atoms with Crippen LogP contribution in [0.3, 0.4) is 0 Å². The number of rotatable bonds is 3. The minimum atomic E-state index is -0.729. The molecule has 0 bridgehead atoms. The first-order chi connectivity index (χ1) is 8.05. The molecule has 1 aliphatic rings. The topological polar surface area (TPSA) is 63.0 Å². The number of pyridine rings is 1. The second-order valence-electron chi connectivity index (χ2n) is 4.61. The molecule has 1 fully saturated rings. The van der Waals surface area contributed by atoms with Crippen LogP contribution in [0.25, 0.3) is 0 Å². The number of hydrogen-bond donors (Lipinski definition) is 0. The lowest BCUT2D eigenvalue weighted by Crippen LogP contribution is -2.41. The molecule has 1 aromatic heterocycles. The fourth-order valence-electron chi connectivity index (χ4n) is 1.93. The van der Waals surface area contributed by atoms with Gasteiger partial charge < -0.3 is 4.74 Å². The predicted molar refractivity (Wildman–Crippen MR) is 61.5 cm³/mol. The van der Waals surface area contributed by atoms with Crippen molar-refractivity contribution in [2.45, 2.75) is 38.2 Å². The molecule has 0 atom stereocenters. The molecule has 0 N–H and O–H groups in total. The number of ether oxygens (including phenoxy) is 1. The summed E-state index contributed by atoms with van der Waals surface area (Å²) in [5.74, 6) is 0.620. The Bertz CT molecular complexity index is 480. The normalized spacial score (nSPS) is 17.4. The van der Waals surface area contributed by atoms with E-state index in [1.165, 1.54) is 0 Å². The van der Waals surface area contributed by atoms with Gasteiger partial charge in [0.2, 0.25) is 5.88 Å². The molecule has 1 heterocycles. The van der Waals surface area contributed by atoms with Crippen LogP contribution < -0.4 is 4.74 Å². The van der Waals surface area contributed by atoms with Gasteiger partial charge in [-0.2, -0.15) is 5.26 Å². The molecule has 0 spiro atoms. The molecule has 0 radical (unpaired) electrons. The van der Waals surface area contributed by atoms with Crippen LogP contribution in [0, 0.1) is 11.3 Å². The SMILES string of the molecule is CC(C)Oc1cccc(C2(C#N)CC(=O)C2)n1. The first-order valence-corrected chi connectivity index (χ1v) is 5.63. The predicted octanol–water partition coefficient (Wildman–Crippen LogP) is 1.99. The van der Waals surface area contributed by atoms with Gasteiger partial charge in [-0.3, -0.25) is 4.79 Å². The molecule has 4 heteroatoms. The van der Waals surface area contributed by atoms with E-state index in [2.05, 4.69) is 11.1 Å². The van der Waals surface area contributed by atoms with E-state index in [4.69, 9.17) is 4.74 Å². The lowest BCUT2D eigenvalue weighted by Gasteiger charge is -2.33. The Balaban J connectivity index is 2.27. The monoisotopic (exact) mass is 230 g/mol. The molecule has 4 nitrogen and oxygen atoms in total. The molecule has 2 rings (SSSR count). The molecular formula is C13H14N2O2. The zero-order valence-corrected chi connectivity index (χ0v) is 9.93. The number of carbonyl (C=O) groups is 1. The first-order valence-electron chi connectivity index (χ1n) is 5.63. The number of aromatic nitrogens is 1. The number of nitrogens with zero attached hydrogens (tertiary/aromatic N) is 2. The standard InChI is InChI=1S/C13H14N2O2/c1-9(2)17-12-5-3-4-11(15-12)13(8-14)6-10(16)7-13/h3-5,9H,6-7H2,1-2H3. The third-order valence-electron chi connectivity index (χ3n) is 2.78. The summed E-state index contributed by atoms with van der Waals surface area (Å²) in [5.41, 5.74) is -0.0919. The van der Waals surface area contributed by atoms with E-state index in [1.54, 1.807) is 12.1 Å². The molecule has 0 aromatic carbocycles. The van der Waals surface area contributed by atoms with Crippen LogP contribution in [0.15, 0.2) is 18.2 Å². The van der Waals surface area contributed by atoms with Gasteiger partial charge in [0.25, 0.3) is 0 Å². The third kappa shape index (κ3) is 2.14. The summed E-state index contributed by atoms with van der Waals surface area (Å²) in [5, 5.41) is 9.20. The number of Topliss-reactive ketones (excluding diaryl/α,β-unsaturated/α-hetero) is 1. The highest BCUT2D eigenvalue weighted by molar-refractivity contribution is 5.89. The summed E-state index contributed by atoms with van der Waals surface area (Å²) in [6.45, 7) is 3.84. The molecular weight excluding hydrogens is 216 g/mol. The van der Waals surface area contributed by atoms with Gasteiger partial charge in [-0.1, -0.05) is 6.07 Å². The van der Waals surface area contributed by atoms with Crippen molar-refractivity contribution in [1.82, 2.24) is 4.98 Å². The summed E-state index contributed by atoms with van der Waals surface area (Å²) in [4.78, 5) is 15.4. The maximum absolute atomic E-state index is 11.1. The van der Waals surface area contributed by atoms with Gasteiger partial charge in [0, 0.05) is 18.9 Å². The number of carbonyl (C=O) groups excluding carboxylic acids is 1. The number of hydrogen-bond acceptors (Lipinski definition) is 4. The van der Waals surface area contributed by atoms with E-state index in [0.29, 0.717) is 11.6 Å². The van der Waals surface area contributed by atoms with Crippen LogP contribution >= 0.6 is 0 Å². The van der Waals surface area contributed by atoms with Crippen molar-refractivity contribution in [3.63, 3.8) is 0 Å². The van der Waals surface area contributed by atoms with Gasteiger partial charge in [-0.05, 0) is 19.9 Å². The fraction of sp³-hybridized carbons (Fsp3) is 0.462. The Labute approximate surface area is 100 Å². The van der Waals surface area contributed by atoms with Gasteiger partial charge in [-0.25, -0.2) is 4.98 Å². The summed E-state index contributed by atoms with van der Waals surface area (Å²) in [6, 6.07) is 7.55. The maximum atomic E-state index is 11.1. The van der Waals surface area contributed by atoms with Crippen LogP contribution in [-0.4, -0.2) is 16.9 Å². The summed E-state index contributed by atoms with van der Waals surface area (Å²) in [6.07, 6.45) is 0.572. The Kier molecular flexibility index (Phi) is 2.84. The Hall–Kier alpha value is -1.89. The average Bonchev–Trinajstić information content (AvgIpc) is 2.24. The van der Waals surface area contributed by atoms with E-state index in [0.717, 1.165) is 0 Å². The molecule has 0 unspecified atom stereocenters. The van der Waals surface area contributed by atoms with E-state index in [1.807, 2.05) is 19.9 Å².